The number of carbonyl (C=O) groups excluding carboxylic acids is 1. The van der Waals surface area contributed by atoms with Crippen molar-refractivity contribution in [2.75, 3.05) is 13.1 Å². The first-order valence-electron chi connectivity index (χ1n) is 13.6. The molecule has 1 saturated heterocycles. The van der Waals surface area contributed by atoms with Crippen molar-refractivity contribution in [3.05, 3.63) is 87.6 Å². The standard InChI is InChI=1S/C31H37FN4O4/c1-19(2)10-27(36-16-22(8-9-28(36)37)15-35-17-25(32)18-35)31(40)34-26(12-29(38)39)23-11-24(14-33-13-23)30-20(3)6-5-7-21(30)4/h5-9,11,13-14,16,19,25-27H,10,12,15,17-18H2,1-4H3,(H,34,40)(H,38,39). The van der Waals surface area contributed by atoms with Gasteiger partial charge in [0.25, 0.3) is 5.56 Å². The summed E-state index contributed by atoms with van der Waals surface area (Å²) in [5.41, 5.74) is 5.02. The maximum Gasteiger partial charge on any atom is 0.305 e. The summed E-state index contributed by atoms with van der Waals surface area (Å²) in [4.78, 5) is 44.8. The van der Waals surface area contributed by atoms with Crippen LogP contribution < -0.4 is 10.9 Å². The van der Waals surface area contributed by atoms with Crippen molar-refractivity contribution in [1.29, 1.82) is 0 Å². The molecule has 2 unspecified atom stereocenters. The summed E-state index contributed by atoms with van der Waals surface area (Å²) in [6.07, 6.45) is 4.17. The van der Waals surface area contributed by atoms with E-state index in [1.165, 1.54) is 10.6 Å². The molecule has 0 aliphatic carbocycles. The maximum absolute atomic E-state index is 13.8. The zero-order chi connectivity index (χ0) is 29.0. The quantitative estimate of drug-likeness (QED) is 0.363. The third-order valence-electron chi connectivity index (χ3n) is 7.28. The highest BCUT2D eigenvalue weighted by atomic mass is 19.1. The van der Waals surface area contributed by atoms with Crippen molar-refractivity contribution in [2.45, 2.75) is 65.3 Å². The van der Waals surface area contributed by atoms with Gasteiger partial charge in [0.2, 0.25) is 5.91 Å². The number of likely N-dealkylation sites (tertiary alicyclic amines) is 1. The summed E-state index contributed by atoms with van der Waals surface area (Å²) >= 11 is 0. The monoisotopic (exact) mass is 548 g/mol. The number of aryl methyl sites for hydroxylation is 2. The number of halogens is 1. The predicted octanol–water partition coefficient (Wildman–Crippen LogP) is 4.60. The number of carbonyl (C=O) groups is 2. The Morgan fingerprint density at radius 2 is 1.82 bits per heavy atom. The minimum absolute atomic E-state index is 0.0842. The first kappa shape index (κ1) is 29.1. The van der Waals surface area contributed by atoms with E-state index in [-0.39, 0.29) is 17.9 Å². The number of benzene rings is 1. The van der Waals surface area contributed by atoms with E-state index >= 15 is 0 Å². The summed E-state index contributed by atoms with van der Waals surface area (Å²) in [6, 6.07) is 9.29. The topological polar surface area (TPSA) is 105 Å². The molecule has 1 aromatic carbocycles. The third-order valence-corrected chi connectivity index (χ3v) is 7.28. The van der Waals surface area contributed by atoms with Crippen LogP contribution in [-0.4, -0.2) is 50.7 Å². The van der Waals surface area contributed by atoms with Gasteiger partial charge in [0.1, 0.15) is 12.2 Å². The predicted molar refractivity (Wildman–Crippen MR) is 152 cm³/mol. The number of amides is 1. The minimum atomic E-state index is -1.07. The number of hydrogen-bond donors (Lipinski definition) is 2. The second kappa shape index (κ2) is 12.6. The molecular formula is C31H37FN4O4. The van der Waals surface area contributed by atoms with E-state index in [4.69, 9.17) is 0 Å². The van der Waals surface area contributed by atoms with Crippen molar-refractivity contribution in [2.24, 2.45) is 5.92 Å². The van der Waals surface area contributed by atoms with Gasteiger partial charge in [-0.3, -0.25) is 24.3 Å². The van der Waals surface area contributed by atoms with Crippen LogP contribution in [0, 0.1) is 19.8 Å². The van der Waals surface area contributed by atoms with Crippen LogP contribution in [0.3, 0.4) is 0 Å². The summed E-state index contributed by atoms with van der Waals surface area (Å²) in [7, 11) is 0. The Bertz CT molecular complexity index is 1410. The lowest BCUT2D eigenvalue weighted by atomic mass is 9.94. The van der Waals surface area contributed by atoms with E-state index in [1.807, 2.05) is 56.9 Å². The fraction of sp³-hybridized carbons (Fsp3) is 0.419. The second-order valence-corrected chi connectivity index (χ2v) is 11.2. The zero-order valence-corrected chi connectivity index (χ0v) is 23.4. The number of hydrogen-bond acceptors (Lipinski definition) is 5. The lowest BCUT2D eigenvalue weighted by molar-refractivity contribution is -0.138. The largest absolute Gasteiger partial charge is 0.481 e. The average Bonchev–Trinajstić information content (AvgIpc) is 2.87. The molecule has 0 saturated carbocycles. The van der Waals surface area contributed by atoms with Gasteiger partial charge in [0.15, 0.2) is 0 Å². The van der Waals surface area contributed by atoms with Gasteiger partial charge in [-0.05, 0) is 60.1 Å². The summed E-state index contributed by atoms with van der Waals surface area (Å²) in [5, 5.41) is 12.6. The number of carboxylic acid groups (broad SMARTS) is 1. The van der Waals surface area contributed by atoms with Crippen molar-refractivity contribution in [1.82, 2.24) is 19.8 Å². The molecule has 1 aliphatic rings. The van der Waals surface area contributed by atoms with E-state index < -0.39 is 30.1 Å². The second-order valence-electron chi connectivity index (χ2n) is 11.2. The molecule has 3 heterocycles. The number of aromatic nitrogens is 2. The Hall–Kier alpha value is -3.85. The van der Waals surface area contributed by atoms with Crippen molar-refractivity contribution < 1.29 is 19.1 Å². The number of alkyl halides is 1. The fourth-order valence-electron chi connectivity index (χ4n) is 5.32. The van der Waals surface area contributed by atoms with Gasteiger partial charge in [-0.2, -0.15) is 0 Å². The van der Waals surface area contributed by atoms with Gasteiger partial charge >= 0.3 is 5.97 Å². The lowest BCUT2D eigenvalue weighted by Crippen LogP contribution is -2.47. The molecule has 8 nitrogen and oxygen atoms in total. The van der Waals surface area contributed by atoms with Crippen molar-refractivity contribution in [3.63, 3.8) is 0 Å². The zero-order valence-electron chi connectivity index (χ0n) is 23.4. The van der Waals surface area contributed by atoms with Crippen LogP contribution >= 0.6 is 0 Å². The van der Waals surface area contributed by atoms with E-state index in [0.717, 1.165) is 27.8 Å². The van der Waals surface area contributed by atoms with Crippen LogP contribution in [0.5, 0.6) is 0 Å². The Morgan fingerprint density at radius 3 is 2.45 bits per heavy atom. The van der Waals surface area contributed by atoms with Crippen LogP contribution in [0.1, 0.15) is 61.0 Å². The number of carboxylic acids is 1. The number of rotatable bonds is 11. The highest BCUT2D eigenvalue weighted by Gasteiger charge is 2.29. The Kier molecular flexibility index (Phi) is 9.14. The molecule has 4 rings (SSSR count). The smallest absolute Gasteiger partial charge is 0.305 e. The van der Waals surface area contributed by atoms with Crippen LogP contribution in [0.15, 0.2) is 59.8 Å². The van der Waals surface area contributed by atoms with Gasteiger partial charge in [0.05, 0.1) is 12.5 Å². The van der Waals surface area contributed by atoms with Gasteiger partial charge in [-0.1, -0.05) is 38.1 Å². The van der Waals surface area contributed by atoms with Crippen LogP contribution in [0.2, 0.25) is 0 Å². The van der Waals surface area contributed by atoms with Crippen LogP contribution in [-0.2, 0) is 16.1 Å². The SMILES string of the molecule is Cc1cccc(C)c1-c1cncc(C(CC(=O)O)NC(=O)C(CC(C)C)n2cc(CN3CC(F)C3)ccc2=O)c1. The molecule has 2 N–H and O–H groups in total. The molecule has 2 aromatic heterocycles. The number of nitrogens with zero attached hydrogens (tertiary/aromatic N) is 3. The Morgan fingerprint density at radius 1 is 1.12 bits per heavy atom. The normalized spacial score (nSPS) is 15.4. The first-order valence-corrected chi connectivity index (χ1v) is 13.6. The first-order chi connectivity index (χ1) is 19.0. The highest BCUT2D eigenvalue weighted by molar-refractivity contribution is 5.82. The molecule has 3 aromatic rings. The van der Waals surface area contributed by atoms with Gasteiger partial charge < -0.3 is 15.0 Å². The fourth-order valence-corrected chi connectivity index (χ4v) is 5.32. The summed E-state index contributed by atoms with van der Waals surface area (Å²) in [5.74, 6) is -1.42. The maximum atomic E-state index is 13.8. The highest BCUT2D eigenvalue weighted by Crippen LogP contribution is 2.30. The molecular weight excluding hydrogens is 511 g/mol. The van der Waals surface area contributed by atoms with E-state index in [9.17, 15) is 23.9 Å². The van der Waals surface area contributed by atoms with Crippen molar-refractivity contribution >= 4 is 11.9 Å². The molecule has 0 spiro atoms. The molecule has 1 aliphatic heterocycles. The number of aliphatic carboxylic acids is 1. The van der Waals surface area contributed by atoms with Crippen molar-refractivity contribution in [3.8, 4) is 11.1 Å². The molecule has 1 fully saturated rings. The van der Waals surface area contributed by atoms with E-state index in [0.29, 0.717) is 31.6 Å². The van der Waals surface area contributed by atoms with Gasteiger partial charge in [0, 0.05) is 49.9 Å². The lowest BCUT2D eigenvalue weighted by Gasteiger charge is -2.34. The van der Waals surface area contributed by atoms with E-state index in [1.54, 1.807) is 24.7 Å². The van der Waals surface area contributed by atoms with Gasteiger partial charge in [-0.25, -0.2) is 4.39 Å². The molecule has 2 atom stereocenters. The molecule has 212 valence electrons. The number of pyridine rings is 2. The molecule has 9 heteroatoms. The number of nitrogens with one attached hydrogen (secondary N) is 1. The Balaban J connectivity index is 1.64. The summed E-state index contributed by atoms with van der Waals surface area (Å²) in [6.45, 7) is 9.11. The average molecular weight is 549 g/mol. The summed E-state index contributed by atoms with van der Waals surface area (Å²) < 4.78 is 14.7. The van der Waals surface area contributed by atoms with Gasteiger partial charge in [-0.15, -0.1) is 0 Å². The third kappa shape index (κ3) is 7.01. The van der Waals surface area contributed by atoms with Crippen LogP contribution in [0.25, 0.3) is 11.1 Å². The van der Waals surface area contributed by atoms with Crippen LogP contribution in [0.4, 0.5) is 4.39 Å². The Labute approximate surface area is 233 Å². The minimum Gasteiger partial charge on any atom is -0.481 e. The molecule has 40 heavy (non-hydrogen) atoms. The molecule has 0 radical (unpaired) electrons. The molecule has 1 amide bonds. The van der Waals surface area contributed by atoms with E-state index in [2.05, 4.69) is 10.3 Å². The molecule has 0 bridgehead atoms.